The summed E-state index contributed by atoms with van der Waals surface area (Å²) in [5.41, 5.74) is 1.70. The van der Waals surface area contributed by atoms with Gasteiger partial charge in [0, 0.05) is 27.2 Å². The van der Waals surface area contributed by atoms with E-state index in [9.17, 15) is 9.59 Å². The van der Waals surface area contributed by atoms with Crippen LogP contribution in [0.25, 0.3) is 17.0 Å². The Kier molecular flexibility index (Phi) is 4.80. The number of halogens is 1. The second-order valence-electron chi connectivity index (χ2n) is 5.22. The van der Waals surface area contributed by atoms with Gasteiger partial charge in [0.2, 0.25) is 0 Å². The summed E-state index contributed by atoms with van der Waals surface area (Å²) in [5, 5.41) is 0.809. The van der Waals surface area contributed by atoms with Crippen LogP contribution in [0.3, 0.4) is 0 Å². The summed E-state index contributed by atoms with van der Waals surface area (Å²) in [5.74, 6) is -0.170. The highest BCUT2D eigenvalue weighted by Crippen LogP contribution is 2.22. The Morgan fingerprint density at radius 2 is 2.00 bits per heavy atom. The fourth-order valence-electron chi connectivity index (χ4n) is 2.29. The van der Waals surface area contributed by atoms with Crippen molar-refractivity contribution in [2.75, 3.05) is 0 Å². The van der Waals surface area contributed by atoms with E-state index in [1.807, 2.05) is 31.2 Å². The highest BCUT2D eigenvalue weighted by atomic mass is 127. The number of rotatable bonds is 3. The molecule has 0 aliphatic heterocycles. The van der Waals surface area contributed by atoms with Crippen molar-refractivity contribution in [3.63, 3.8) is 0 Å². The molecular formula is C19H13IO4. The van der Waals surface area contributed by atoms with Crippen LogP contribution in [0.15, 0.2) is 63.8 Å². The molecule has 0 unspecified atom stereocenters. The monoisotopic (exact) mass is 432 g/mol. The SMILES string of the molecule is Cc1cc(=O)oc2cc(OC(=O)/C=C/c3cccc(I)c3)ccc12. The van der Waals surface area contributed by atoms with Crippen LogP contribution in [-0.2, 0) is 4.79 Å². The molecule has 24 heavy (non-hydrogen) atoms. The highest BCUT2D eigenvalue weighted by Gasteiger charge is 2.06. The van der Waals surface area contributed by atoms with Gasteiger partial charge in [-0.25, -0.2) is 9.59 Å². The van der Waals surface area contributed by atoms with Crippen molar-refractivity contribution in [2.24, 2.45) is 0 Å². The number of esters is 1. The Morgan fingerprint density at radius 3 is 2.79 bits per heavy atom. The number of hydrogen-bond donors (Lipinski definition) is 0. The first kappa shape index (κ1) is 16.4. The molecule has 0 aliphatic rings. The summed E-state index contributed by atoms with van der Waals surface area (Å²) in [6.45, 7) is 1.83. The first-order valence-electron chi connectivity index (χ1n) is 7.21. The second-order valence-corrected chi connectivity index (χ2v) is 6.46. The number of carbonyl (C=O) groups excluding carboxylic acids is 1. The predicted octanol–water partition coefficient (Wildman–Crippen LogP) is 4.32. The summed E-state index contributed by atoms with van der Waals surface area (Å²) in [4.78, 5) is 23.4. The lowest BCUT2D eigenvalue weighted by Gasteiger charge is -2.04. The topological polar surface area (TPSA) is 56.5 Å². The average molecular weight is 432 g/mol. The molecule has 0 fully saturated rings. The quantitative estimate of drug-likeness (QED) is 0.203. The van der Waals surface area contributed by atoms with Gasteiger partial charge in [-0.2, -0.15) is 0 Å². The normalized spacial score (nSPS) is 11.1. The standard InChI is InChI=1S/C19H13IO4/c1-12-9-19(22)24-17-11-15(6-7-16(12)17)23-18(21)8-5-13-3-2-4-14(20)10-13/h2-11H,1H3/b8-5+. The Bertz CT molecular complexity index is 1000. The molecule has 3 rings (SSSR count). The van der Waals surface area contributed by atoms with Crippen molar-refractivity contribution < 1.29 is 13.9 Å². The van der Waals surface area contributed by atoms with Gasteiger partial charge in [-0.15, -0.1) is 0 Å². The molecule has 3 aromatic rings. The lowest BCUT2D eigenvalue weighted by atomic mass is 10.1. The molecule has 0 atom stereocenters. The summed E-state index contributed by atoms with van der Waals surface area (Å²) < 4.78 is 11.5. The Hall–Kier alpha value is -2.41. The van der Waals surface area contributed by atoms with Gasteiger partial charge in [0.1, 0.15) is 11.3 Å². The van der Waals surface area contributed by atoms with Crippen LogP contribution in [0.5, 0.6) is 5.75 Å². The van der Waals surface area contributed by atoms with Crippen LogP contribution in [0, 0.1) is 10.5 Å². The maximum atomic E-state index is 11.9. The molecule has 0 spiro atoms. The summed E-state index contributed by atoms with van der Waals surface area (Å²) in [6, 6.07) is 14.2. The second kappa shape index (κ2) is 7.00. The van der Waals surface area contributed by atoms with Gasteiger partial charge in [0.25, 0.3) is 0 Å². The van der Waals surface area contributed by atoms with E-state index in [4.69, 9.17) is 9.15 Å². The minimum absolute atomic E-state index is 0.327. The van der Waals surface area contributed by atoms with E-state index in [1.54, 1.807) is 24.3 Å². The van der Waals surface area contributed by atoms with Gasteiger partial charge in [0.15, 0.2) is 0 Å². The van der Waals surface area contributed by atoms with E-state index in [2.05, 4.69) is 22.6 Å². The molecule has 1 aromatic heterocycles. The molecule has 0 saturated heterocycles. The van der Waals surface area contributed by atoms with Gasteiger partial charge in [-0.3, -0.25) is 0 Å². The number of ether oxygens (including phenoxy) is 1. The van der Waals surface area contributed by atoms with E-state index in [0.29, 0.717) is 11.3 Å². The number of fused-ring (bicyclic) bond motifs is 1. The molecule has 4 nitrogen and oxygen atoms in total. The molecule has 1 heterocycles. The summed E-state index contributed by atoms with van der Waals surface area (Å²) in [6.07, 6.45) is 3.05. The zero-order chi connectivity index (χ0) is 17.1. The number of benzene rings is 2. The number of aryl methyl sites for hydroxylation is 1. The number of carbonyl (C=O) groups is 1. The minimum Gasteiger partial charge on any atom is -0.423 e. The molecular weight excluding hydrogens is 419 g/mol. The summed E-state index contributed by atoms with van der Waals surface area (Å²) in [7, 11) is 0. The van der Waals surface area contributed by atoms with Crippen molar-refractivity contribution in [3.8, 4) is 5.75 Å². The van der Waals surface area contributed by atoms with Crippen LogP contribution in [-0.4, -0.2) is 5.97 Å². The minimum atomic E-state index is -0.497. The first-order valence-corrected chi connectivity index (χ1v) is 8.29. The number of hydrogen-bond acceptors (Lipinski definition) is 4. The third kappa shape index (κ3) is 3.91. The van der Waals surface area contributed by atoms with Crippen LogP contribution < -0.4 is 10.4 Å². The highest BCUT2D eigenvalue weighted by molar-refractivity contribution is 14.1. The molecule has 0 aliphatic carbocycles. The zero-order valence-corrected chi connectivity index (χ0v) is 14.9. The molecule has 0 saturated carbocycles. The Labute approximate surface area is 151 Å². The molecule has 0 amide bonds. The molecule has 0 radical (unpaired) electrons. The van der Waals surface area contributed by atoms with Crippen molar-refractivity contribution >= 4 is 45.6 Å². The maximum absolute atomic E-state index is 11.9. The van der Waals surface area contributed by atoms with Gasteiger partial charge >= 0.3 is 11.6 Å². The van der Waals surface area contributed by atoms with Gasteiger partial charge < -0.3 is 9.15 Å². The average Bonchev–Trinajstić information content (AvgIpc) is 2.52. The van der Waals surface area contributed by atoms with E-state index < -0.39 is 11.6 Å². The molecule has 0 N–H and O–H groups in total. The van der Waals surface area contributed by atoms with Gasteiger partial charge in [0.05, 0.1) is 0 Å². The fraction of sp³-hybridized carbons (Fsp3) is 0.0526. The van der Waals surface area contributed by atoms with Crippen LogP contribution in [0.1, 0.15) is 11.1 Å². The lowest BCUT2D eigenvalue weighted by molar-refractivity contribution is -0.128. The summed E-state index contributed by atoms with van der Waals surface area (Å²) >= 11 is 2.21. The smallest absolute Gasteiger partial charge is 0.336 e. The van der Waals surface area contributed by atoms with Crippen LogP contribution in [0.2, 0.25) is 0 Å². The molecule has 2 aromatic carbocycles. The van der Waals surface area contributed by atoms with Crippen molar-refractivity contribution in [3.05, 3.63) is 79.7 Å². The molecule has 0 bridgehead atoms. The third-order valence-corrected chi connectivity index (χ3v) is 4.07. The predicted molar refractivity (Wildman–Crippen MR) is 101 cm³/mol. The van der Waals surface area contributed by atoms with Crippen molar-refractivity contribution in [2.45, 2.75) is 6.92 Å². The van der Waals surface area contributed by atoms with Crippen LogP contribution >= 0.6 is 22.6 Å². The van der Waals surface area contributed by atoms with Crippen molar-refractivity contribution in [1.29, 1.82) is 0 Å². The van der Waals surface area contributed by atoms with Gasteiger partial charge in [-0.1, -0.05) is 12.1 Å². The van der Waals surface area contributed by atoms with Crippen LogP contribution in [0.4, 0.5) is 0 Å². The molecule has 5 heteroatoms. The Morgan fingerprint density at radius 1 is 1.17 bits per heavy atom. The van der Waals surface area contributed by atoms with Gasteiger partial charge in [-0.05, 0) is 71.0 Å². The van der Waals surface area contributed by atoms with E-state index in [1.165, 1.54) is 12.1 Å². The van der Waals surface area contributed by atoms with E-state index in [-0.39, 0.29) is 0 Å². The zero-order valence-electron chi connectivity index (χ0n) is 12.8. The lowest BCUT2D eigenvalue weighted by Crippen LogP contribution is -2.04. The largest absolute Gasteiger partial charge is 0.423 e. The van der Waals surface area contributed by atoms with Crippen molar-refractivity contribution in [1.82, 2.24) is 0 Å². The van der Waals surface area contributed by atoms with E-state index in [0.717, 1.165) is 20.1 Å². The molecule has 120 valence electrons. The first-order chi connectivity index (χ1) is 11.5. The maximum Gasteiger partial charge on any atom is 0.336 e. The fourth-order valence-corrected chi connectivity index (χ4v) is 2.86. The van der Waals surface area contributed by atoms with E-state index >= 15 is 0 Å². The third-order valence-electron chi connectivity index (χ3n) is 3.40. The Balaban J connectivity index is 1.79.